The van der Waals surface area contributed by atoms with Gasteiger partial charge >= 0.3 is 0 Å². The van der Waals surface area contributed by atoms with Gasteiger partial charge in [-0.1, -0.05) is 12.1 Å². The maximum atomic E-state index is 13.0. The summed E-state index contributed by atoms with van der Waals surface area (Å²) in [6.07, 6.45) is 3.81. The number of benzene rings is 2. The summed E-state index contributed by atoms with van der Waals surface area (Å²) in [5.41, 5.74) is 4.32. The maximum absolute atomic E-state index is 13.0. The molecule has 146 valence electrons. The van der Waals surface area contributed by atoms with Crippen LogP contribution in [0.3, 0.4) is 0 Å². The summed E-state index contributed by atoms with van der Waals surface area (Å²) in [5, 5.41) is 1.08. The lowest BCUT2D eigenvalue weighted by atomic mass is 10.0. The molecule has 1 aromatic heterocycles. The highest BCUT2D eigenvalue weighted by molar-refractivity contribution is 6.12. The number of nitrogens with one attached hydrogen (secondary N) is 1. The first-order valence-electron chi connectivity index (χ1n) is 9.18. The average Bonchev–Trinajstić information content (AvgIpc) is 3.09. The number of methoxy groups -OCH3 is 2. The van der Waals surface area contributed by atoms with Crippen LogP contribution in [0.2, 0.25) is 0 Å². The third-order valence-corrected chi connectivity index (χ3v) is 4.61. The Kier molecular flexibility index (Phi) is 5.73. The van der Waals surface area contributed by atoms with Crippen LogP contribution in [0.5, 0.6) is 17.2 Å². The predicted octanol–water partition coefficient (Wildman–Crippen LogP) is 5.18. The number of aromatic nitrogens is 1. The standard InChI is InChI=1S/C23H25NO4/c1-6-28-23-20(26-4)11-16(12-21(23)27-5)22(25)15(3)10-17-13-24-19-9-14(2)7-8-18(17)19/h7-13,24H,6H2,1-5H3/b15-10+. The lowest BCUT2D eigenvalue weighted by molar-refractivity contribution is 0.103. The molecule has 1 N–H and O–H groups in total. The molecule has 0 aliphatic rings. The number of carbonyl (C=O) groups excluding carboxylic acids is 1. The monoisotopic (exact) mass is 379 g/mol. The van der Waals surface area contributed by atoms with Crippen LogP contribution < -0.4 is 14.2 Å². The highest BCUT2D eigenvalue weighted by Crippen LogP contribution is 2.39. The zero-order valence-corrected chi connectivity index (χ0v) is 16.9. The zero-order valence-electron chi connectivity index (χ0n) is 16.9. The van der Waals surface area contributed by atoms with Gasteiger partial charge in [0, 0.05) is 28.2 Å². The molecule has 5 nitrogen and oxygen atoms in total. The smallest absolute Gasteiger partial charge is 0.203 e. The molecule has 0 spiro atoms. The number of hydrogen-bond donors (Lipinski definition) is 1. The van der Waals surface area contributed by atoms with Crippen molar-refractivity contribution < 1.29 is 19.0 Å². The number of rotatable bonds is 7. The van der Waals surface area contributed by atoms with Crippen molar-refractivity contribution in [2.45, 2.75) is 20.8 Å². The molecule has 2 aromatic carbocycles. The van der Waals surface area contributed by atoms with E-state index in [1.807, 2.05) is 26.1 Å². The Labute approximate surface area is 164 Å². The van der Waals surface area contributed by atoms with Gasteiger partial charge in [0.15, 0.2) is 17.3 Å². The van der Waals surface area contributed by atoms with Gasteiger partial charge in [0.1, 0.15) is 0 Å². The Hall–Kier alpha value is -3.21. The van der Waals surface area contributed by atoms with Crippen molar-refractivity contribution in [2.24, 2.45) is 0 Å². The number of allylic oxidation sites excluding steroid dienone is 1. The van der Waals surface area contributed by atoms with E-state index in [9.17, 15) is 4.79 Å². The molecule has 3 aromatic rings. The van der Waals surface area contributed by atoms with E-state index in [-0.39, 0.29) is 5.78 Å². The fourth-order valence-electron chi connectivity index (χ4n) is 3.21. The number of aryl methyl sites for hydroxylation is 1. The highest BCUT2D eigenvalue weighted by atomic mass is 16.5. The molecule has 0 saturated carbocycles. The van der Waals surface area contributed by atoms with E-state index < -0.39 is 0 Å². The predicted molar refractivity (Wildman–Crippen MR) is 112 cm³/mol. The van der Waals surface area contributed by atoms with Gasteiger partial charge in [0.25, 0.3) is 0 Å². The van der Waals surface area contributed by atoms with E-state index in [0.717, 1.165) is 16.5 Å². The molecule has 28 heavy (non-hydrogen) atoms. The van der Waals surface area contributed by atoms with Crippen molar-refractivity contribution in [1.29, 1.82) is 0 Å². The fraction of sp³-hybridized carbons (Fsp3) is 0.261. The number of H-pyrrole nitrogens is 1. The molecule has 3 rings (SSSR count). The second kappa shape index (κ2) is 8.21. The molecule has 0 atom stereocenters. The summed E-state index contributed by atoms with van der Waals surface area (Å²) in [4.78, 5) is 16.3. The number of Topliss-reactive ketones (excluding diaryl/α,β-unsaturated/α-hetero) is 1. The molecular formula is C23H25NO4. The van der Waals surface area contributed by atoms with Gasteiger partial charge in [-0.05, 0) is 56.2 Å². The van der Waals surface area contributed by atoms with Crippen molar-refractivity contribution in [3.8, 4) is 17.2 Å². The third kappa shape index (κ3) is 3.74. The van der Waals surface area contributed by atoms with Crippen molar-refractivity contribution in [1.82, 2.24) is 4.98 Å². The van der Waals surface area contributed by atoms with Crippen molar-refractivity contribution in [2.75, 3.05) is 20.8 Å². The van der Waals surface area contributed by atoms with E-state index in [1.165, 1.54) is 5.56 Å². The Bertz CT molecular complexity index is 1020. The number of hydrogen-bond acceptors (Lipinski definition) is 4. The number of ketones is 1. The number of fused-ring (bicyclic) bond motifs is 1. The molecule has 0 bridgehead atoms. The first-order valence-corrected chi connectivity index (χ1v) is 9.18. The minimum absolute atomic E-state index is 0.0962. The van der Waals surface area contributed by atoms with Gasteiger partial charge < -0.3 is 19.2 Å². The topological polar surface area (TPSA) is 60.5 Å². The van der Waals surface area contributed by atoms with Crippen molar-refractivity contribution in [3.05, 3.63) is 58.8 Å². The second-order valence-corrected chi connectivity index (χ2v) is 6.59. The van der Waals surface area contributed by atoms with E-state index in [4.69, 9.17) is 14.2 Å². The van der Waals surface area contributed by atoms with Gasteiger partial charge in [-0.2, -0.15) is 0 Å². The molecule has 0 aliphatic carbocycles. The molecule has 5 heteroatoms. The first-order chi connectivity index (χ1) is 13.5. The van der Waals surface area contributed by atoms with Crippen LogP contribution in [0, 0.1) is 6.92 Å². The minimum Gasteiger partial charge on any atom is -0.493 e. The van der Waals surface area contributed by atoms with Crippen molar-refractivity contribution >= 4 is 22.8 Å². The molecule has 0 aliphatic heterocycles. The Morgan fingerprint density at radius 1 is 1.11 bits per heavy atom. The molecular weight excluding hydrogens is 354 g/mol. The van der Waals surface area contributed by atoms with E-state index in [0.29, 0.717) is 35.0 Å². The Balaban J connectivity index is 1.99. The fourth-order valence-corrected chi connectivity index (χ4v) is 3.21. The Morgan fingerprint density at radius 3 is 2.39 bits per heavy atom. The first kappa shape index (κ1) is 19.5. The quantitative estimate of drug-likeness (QED) is 0.454. The summed E-state index contributed by atoms with van der Waals surface area (Å²) in [5.74, 6) is 1.35. The zero-order chi connectivity index (χ0) is 20.3. The molecule has 0 saturated heterocycles. The summed E-state index contributed by atoms with van der Waals surface area (Å²) >= 11 is 0. The SMILES string of the molecule is CCOc1c(OC)cc(C(=O)/C(C)=C/c2c[nH]c3cc(C)ccc23)cc1OC. The summed E-state index contributed by atoms with van der Waals surface area (Å²) < 4.78 is 16.4. The molecule has 0 amide bonds. The van der Waals surface area contributed by atoms with Crippen molar-refractivity contribution in [3.63, 3.8) is 0 Å². The molecule has 0 unspecified atom stereocenters. The van der Waals surface area contributed by atoms with Gasteiger partial charge in [0.05, 0.1) is 20.8 Å². The van der Waals surface area contributed by atoms with Crippen LogP contribution in [-0.2, 0) is 0 Å². The maximum Gasteiger partial charge on any atom is 0.203 e. The lowest BCUT2D eigenvalue weighted by Crippen LogP contribution is -2.05. The van der Waals surface area contributed by atoms with Crippen LogP contribution in [-0.4, -0.2) is 31.6 Å². The largest absolute Gasteiger partial charge is 0.493 e. The van der Waals surface area contributed by atoms with Gasteiger partial charge in [-0.15, -0.1) is 0 Å². The van der Waals surface area contributed by atoms with Gasteiger partial charge in [0.2, 0.25) is 5.75 Å². The van der Waals surface area contributed by atoms with E-state index in [1.54, 1.807) is 26.4 Å². The van der Waals surface area contributed by atoms with Gasteiger partial charge in [-0.3, -0.25) is 4.79 Å². The van der Waals surface area contributed by atoms with Crippen LogP contribution in [0.15, 0.2) is 42.1 Å². The number of ether oxygens (including phenoxy) is 3. The molecule has 1 heterocycles. The number of aromatic amines is 1. The summed E-state index contributed by atoms with van der Waals surface area (Å²) in [6.45, 7) is 6.22. The Morgan fingerprint density at radius 2 is 1.79 bits per heavy atom. The summed E-state index contributed by atoms with van der Waals surface area (Å²) in [6, 6.07) is 9.59. The normalized spacial score (nSPS) is 11.5. The average molecular weight is 379 g/mol. The van der Waals surface area contributed by atoms with Gasteiger partial charge in [-0.25, -0.2) is 0 Å². The molecule has 0 fully saturated rings. The van der Waals surface area contributed by atoms with E-state index >= 15 is 0 Å². The van der Waals surface area contributed by atoms with Crippen LogP contribution in [0.25, 0.3) is 17.0 Å². The van der Waals surface area contributed by atoms with Crippen LogP contribution >= 0.6 is 0 Å². The number of carbonyl (C=O) groups is 1. The summed E-state index contributed by atoms with van der Waals surface area (Å²) in [7, 11) is 3.09. The van der Waals surface area contributed by atoms with Crippen LogP contribution in [0.4, 0.5) is 0 Å². The minimum atomic E-state index is -0.0962. The lowest BCUT2D eigenvalue weighted by Gasteiger charge is -2.15. The highest BCUT2D eigenvalue weighted by Gasteiger charge is 2.18. The third-order valence-electron chi connectivity index (χ3n) is 4.61. The van der Waals surface area contributed by atoms with Crippen LogP contribution in [0.1, 0.15) is 35.3 Å². The molecule has 0 radical (unpaired) electrons. The van der Waals surface area contributed by atoms with E-state index in [2.05, 4.69) is 30.1 Å². The second-order valence-electron chi connectivity index (χ2n) is 6.59.